The van der Waals surface area contributed by atoms with Crippen molar-refractivity contribution in [1.82, 2.24) is 4.90 Å². The lowest BCUT2D eigenvalue weighted by atomic mass is 10.2. The number of hydrogen-bond donors (Lipinski definition) is 2. The van der Waals surface area contributed by atoms with Gasteiger partial charge >= 0.3 is 6.03 Å². The maximum atomic E-state index is 12.4. The molecule has 0 aromatic heterocycles. The number of benzene rings is 2. The summed E-state index contributed by atoms with van der Waals surface area (Å²) in [5, 5.41) is 12.3. The van der Waals surface area contributed by atoms with Crippen LogP contribution in [0.15, 0.2) is 48.5 Å². The number of rotatable bonds is 5. The molecule has 1 aliphatic heterocycles. The molecule has 1 heterocycles. The normalized spacial score (nSPS) is 16.7. The van der Waals surface area contributed by atoms with Crippen LogP contribution in [0.3, 0.4) is 0 Å². The number of aliphatic hydroxyl groups is 1. The molecule has 2 aromatic rings. The number of urea groups is 1. The van der Waals surface area contributed by atoms with Crippen LogP contribution < -0.4 is 10.1 Å². The highest BCUT2D eigenvalue weighted by Gasteiger charge is 2.28. The Kier molecular flexibility index (Phi) is 5.56. The molecule has 0 unspecified atom stereocenters. The topological polar surface area (TPSA) is 61.8 Å². The Morgan fingerprint density at radius 3 is 2.80 bits per heavy atom. The first-order valence-electron chi connectivity index (χ1n) is 8.63. The molecule has 0 aliphatic carbocycles. The van der Waals surface area contributed by atoms with Crippen LogP contribution in [-0.2, 0) is 6.61 Å². The number of amides is 2. The molecule has 0 spiro atoms. The highest BCUT2D eigenvalue weighted by molar-refractivity contribution is 5.90. The molecule has 0 saturated carbocycles. The highest BCUT2D eigenvalue weighted by atomic mass is 16.5. The quantitative estimate of drug-likeness (QED) is 0.875. The van der Waals surface area contributed by atoms with E-state index >= 15 is 0 Å². The predicted octanol–water partition coefficient (Wildman–Crippen LogP) is 3.56. The first-order chi connectivity index (χ1) is 12.2. The van der Waals surface area contributed by atoms with Gasteiger partial charge in [0.15, 0.2) is 0 Å². The first kappa shape index (κ1) is 17.3. The minimum Gasteiger partial charge on any atom is -0.489 e. The van der Waals surface area contributed by atoms with Crippen LogP contribution in [0.4, 0.5) is 10.5 Å². The van der Waals surface area contributed by atoms with Gasteiger partial charge < -0.3 is 20.1 Å². The van der Waals surface area contributed by atoms with Crippen molar-refractivity contribution in [2.45, 2.75) is 32.4 Å². The van der Waals surface area contributed by atoms with E-state index in [-0.39, 0.29) is 18.7 Å². The number of carbonyl (C=O) groups is 1. The maximum Gasteiger partial charge on any atom is 0.322 e. The Balaban J connectivity index is 1.61. The number of nitrogens with one attached hydrogen (secondary N) is 1. The molecule has 0 bridgehead atoms. The minimum absolute atomic E-state index is 0.0126. The molecule has 132 valence electrons. The molecule has 3 rings (SSSR count). The third-order valence-corrected chi connectivity index (χ3v) is 4.54. The van der Waals surface area contributed by atoms with Crippen LogP contribution in [0.25, 0.3) is 0 Å². The summed E-state index contributed by atoms with van der Waals surface area (Å²) in [6, 6.07) is 15.4. The van der Waals surface area contributed by atoms with Gasteiger partial charge in [-0.1, -0.05) is 30.3 Å². The van der Waals surface area contributed by atoms with Gasteiger partial charge in [0.05, 0.1) is 12.6 Å². The summed E-state index contributed by atoms with van der Waals surface area (Å²) in [4.78, 5) is 14.1. The van der Waals surface area contributed by atoms with Crippen molar-refractivity contribution in [1.29, 1.82) is 0 Å². The zero-order valence-electron chi connectivity index (χ0n) is 14.4. The molecule has 25 heavy (non-hydrogen) atoms. The lowest BCUT2D eigenvalue weighted by Crippen LogP contribution is -2.40. The van der Waals surface area contributed by atoms with E-state index < -0.39 is 0 Å². The van der Waals surface area contributed by atoms with Crippen LogP contribution >= 0.6 is 0 Å². The molecular weight excluding hydrogens is 316 g/mol. The van der Waals surface area contributed by atoms with Gasteiger partial charge in [-0.05, 0) is 49.1 Å². The third kappa shape index (κ3) is 4.31. The fraction of sp³-hybridized carbons (Fsp3) is 0.350. The lowest BCUT2D eigenvalue weighted by Gasteiger charge is -2.24. The van der Waals surface area contributed by atoms with Gasteiger partial charge in [-0.2, -0.15) is 0 Å². The number of likely N-dealkylation sites (tertiary alicyclic amines) is 1. The van der Waals surface area contributed by atoms with Crippen LogP contribution in [0.5, 0.6) is 5.75 Å². The van der Waals surface area contributed by atoms with Gasteiger partial charge in [-0.3, -0.25) is 0 Å². The molecule has 1 saturated heterocycles. The Morgan fingerprint density at radius 2 is 2.08 bits per heavy atom. The average Bonchev–Trinajstić information content (AvgIpc) is 3.12. The molecule has 5 nitrogen and oxygen atoms in total. The SMILES string of the molecule is Cc1cc(OCc2ccccc2)ccc1NC(=O)N1CCC[C@H]1CO. The maximum absolute atomic E-state index is 12.4. The van der Waals surface area contributed by atoms with E-state index in [0.29, 0.717) is 13.2 Å². The van der Waals surface area contributed by atoms with E-state index in [1.165, 1.54) is 0 Å². The van der Waals surface area contributed by atoms with Crippen molar-refractivity contribution in [3.05, 3.63) is 59.7 Å². The minimum atomic E-state index is -0.155. The predicted molar refractivity (Wildman–Crippen MR) is 97.8 cm³/mol. The molecule has 2 amide bonds. The van der Waals surface area contributed by atoms with Crippen LogP contribution in [-0.4, -0.2) is 35.2 Å². The molecule has 1 aliphatic rings. The number of anilines is 1. The average molecular weight is 340 g/mol. The number of ether oxygens (including phenoxy) is 1. The monoisotopic (exact) mass is 340 g/mol. The van der Waals surface area contributed by atoms with Crippen molar-refractivity contribution in [2.24, 2.45) is 0 Å². The van der Waals surface area contributed by atoms with Gasteiger partial charge in [0, 0.05) is 12.2 Å². The largest absolute Gasteiger partial charge is 0.489 e. The van der Waals surface area contributed by atoms with Crippen molar-refractivity contribution >= 4 is 11.7 Å². The second kappa shape index (κ2) is 8.03. The Morgan fingerprint density at radius 1 is 1.28 bits per heavy atom. The summed E-state index contributed by atoms with van der Waals surface area (Å²) in [7, 11) is 0. The van der Waals surface area contributed by atoms with E-state index in [2.05, 4.69) is 5.32 Å². The summed E-state index contributed by atoms with van der Waals surface area (Å²) < 4.78 is 5.81. The van der Waals surface area contributed by atoms with Crippen molar-refractivity contribution in [3.8, 4) is 5.75 Å². The van der Waals surface area contributed by atoms with Gasteiger partial charge in [0.25, 0.3) is 0 Å². The smallest absolute Gasteiger partial charge is 0.322 e. The van der Waals surface area contributed by atoms with Crippen molar-refractivity contribution in [3.63, 3.8) is 0 Å². The summed E-state index contributed by atoms with van der Waals surface area (Å²) in [5.41, 5.74) is 2.82. The summed E-state index contributed by atoms with van der Waals surface area (Å²) in [5.74, 6) is 0.772. The van der Waals surface area contributed by atoms with E-state index in [4.69, 9.17) is 4.74 Å². The molecule has 5 heteroatoms. The van der Waals surface area contributed by atoms with Gasteiger partial charge in [-0.25, -0.2) is 4.79 Å². The summed E-state index contributed by atoms with van der Waals surface area (Å²) >= 11 is 0. The van der Waals surface area contributed by atoms with E-state index in [1.54, 1.807) is 4.90 Å². The molecule has 1 fully saturated rings. The van der Waals surface area contributed by atoms with Crippen LogP contribution in [0.2, 0.25) is 0 Å². The van der Waals surface area contributed by atoms with Gasteiger partial charge in [0.1, 0.15) is 12.4 Å². The highest BCUT2D eigenvalue weighted by Crippen LogP contribution is 2.24. The fourth-order valence-corrected chi connectivity index (χ4v) is 3.09. The Hall–Kier alpha value is -2.53. The standard InChI is InChI=1S/C20H24N2O3/c1-15-12-18(25-14-16-6-3-2-4-7-16)9-10-19(15)21-20(24)22-11-5-8-17(22)13-23/h2-4,6-7,9-10,12,17,23H,5,8,11,13-14H2,1H3,(H,21,24)/t17-/m0/s1. The van der Waals surface area contributed by atoms with Crippen molar-refractivity contribution < 1.29 is 14.6 Å². The van der Waals surface area contributed by atoms with E-state index in [0.717, 1.165) is 35.4 Å². The van der Waals surface area contributed by atoms with Crippen LogP contribution in [0.1, 0.15) is 24.0 Å². The van der Waals surface area contributed by atoms with Gasteiger partial charge in [-0.15, -0.1) is 0 Å². The Bertz CT molecular complexity index is 718. The number of hydrogen-bond acceptors (Lipinski definition) is 3. The van der Waals surface area contributed by atoms with Crippen LogP contribution in [0, 0.1) is 6.92 Å². The summed E-state index contributed by atoms with van der Waals surface area (Å²) in [6.07, 6.45) is 1.79. The third-order valence-electron chi connectivity index (χ3n) is 4.54. The fourth-order valence-electron chi connectivity index (χ4n) is 3.09. The second-order valence-electron chi connectivity index (χ2n) is 6.35. The van der Waals surface area contributed by atoms with E-state index in [1.807, 2.05) is 55.5 Å². The molecule has 2 aromatic carbocycles. The van der Waals surface area contributed by atoms with Crippen molar-refractivity contribution in [2.75, 3.05) is 18.5 Å². The Labute approximate surface area is 148 Å². The zero-order valence-corrected chi connectivity index (χ0v) is 14.4. The number of aryl methyl sites for hydroxylation is 1. The number of nitrogens with zero attached hydrogens (tertiary/aromatic N) is 1. The molecule has 1 atom stereocenters. The number of aliphatic hydroxyl groups excluding tert-OH is 1. The number of carbonyl (C=O) groups excluding carboxylic acids is 1. The van der Waals surface area contributed by atoms with Gasteiger partial charge in [0.2, 0.25) is 0 Å². The first-order valence-corrected chi connectivity index (χ1v) is 8.63. The lowest BCUT2D eigenvalue weighted by molar-refractivity contribution is 0.166. The molecular formula is C20H24N2O3. The molecule has 2 N–H and O–H groups in total. The second-order valence-corrected chi connectivity index (χ2v) is 6.35. The van der Waals surface area contributed by atoms with E-state index in [9.17, 15) is 9.90 Å². The molecule has 0 radical (unpaired) electrons. The zero-order chi connectivity index (χ0) is 17.6. The summed E-state index contributed by atoms with van der Waals surface area (Å²) in [6.45, 7) is 3.16.